The lowest BCUT2D eigenvalue weighted by Crippen LogP contribution is -2.28. The van der Waals surface area contributed by atoms with Gasteiger partial charge in [-0.2, -0.15) is 34.8 Å². The van der Waals surface area contributed by atoms with Crippen molar-refractivity contribution < 1.29 is 44.2 Å². The van der Waals surface area contributed by atoms with E-state index in [1.54, 1.807) is 0 Å². The van der Waals surface area contributed by atoms with Crippen LogP contribution in [0.4, 0.5) is 26.3 Å². The number of nitrogens with zero attached hydrogens (tertiary/aromatic N) is 1. The summed E-state index contributed by atoms with van der Waals surface area (Å²) in [4.78, 5) is 0. The first-order valence-electron chi connectivity index (χ1n) is 4.79. The maximum atomic E-state index is 12.6. The van der Waals surface area contributed by atoms with Gasteiger partial charge in [0.25, 0.3) is 0 Å². The molecule has 1 aromatic rings. The van der Waals surface area contributed by atoms with E-state index in [1.807, 2.05) is 5.16 Å². The van der Waals surface area contributed by atoms with Gasteiger partial charge in [-0.1, -0.05) is 5.16 Å². The standard InChI is InChI=1S/C9H5F6NO4S/c10-8(11,12)7(5-1-3-6(17)4-2-5)16-20-21(18,19)9(13,14)15/h1-4,17H. The zero-order chi connectivity index (χ0) is 16.5. The Bertz CT molecular complexity index is 632. The van der Waals surface area contributed by atoms with Crippen LogP contribution in [0.25, 0.3) is 0 Å². The van der Waals surface area contributed by atoms with Crippen LogP contribution in [0.15, 0.2) is 29.4 Å². The molecule has 1 N–H and O–H groups in total. The van der Waals surface area contributed by atoms with Crippen molar-refractivity contribution in [3.63, 3.8) is 0 Å². The summed E-state index contributed by atoms with van der Waals surface area (Å²) in [7, 11) is -6.31. The quantitative estimate of drug-likeness (QED) is 0.398. The van der Waals surface area contributed by atoms with E-state index < -0.39 is 38.8 Å². The topological polar surface area (TPSA) is 76.0 Å². The maximum Gasteiger partial charge on any atom is 0.536 e. The van der Waals surface area contributed by atoms with Gasteiger partial charge >= 0.3 is 21.8 Å². The Morgan fingerprint density at radius 3 is 1.90 bits per heavy atom. The fourth-order valence-corrected chi connectivity index (χ4v) is 1.27. The molecule has 1 rings (SSSR count). The average Bonchev–Trinajstić information content (AvgIpc) is 2.28. The second-order valence-electron chi connectivity index (χ2n) is 3.46. The fraction of sp³-hybridized carbons (Fsp3) is 0.222. The summed E-state index contributed by atoms with van der Waals surface area (Å²) < 4.78 is 97.7. The predicted octanol–water partition coefficient (Wildman–Crippen LogP) is 2.52. The van der Waals surface area contributed by atoms with Gasteiger partial charge in [0, 0.05) is 5.56 Å². The lowest BCUT2D eigenvalue weighted by molar-refractivity contribution is -0.0633. The minimum absolute atomic E-state index is 0.413. The molecule has 21 heavy (non-hydrogen) atoms. The summed E-state index contributed by atoms with van der Waals surface area (Å²) in [6.45, 7) is 0. The molecule has 118 valence electrons. The number of phenolic OH excluding ortho intramolecular Hbond substituents is 1. The van der Waals surface area contributed by atoms with Gasteiger partial charge in [0.05, 0.1) is 0 Å². The number of aromatic hydroxyl groups is 1. The van der Waals surface area contributed by atoms with Crippen LogP contribution in [0, 0.1) is 0 Å². The molecule has 0 unspecified atom stereocenters. The molecule has 0 fully saturated rings. The third kappa shape index (κ3) is 4.24. The summed E-state index contributed by atoms with van der Waals surface area (Å²) in [5.41, 5.74) is -8.71. The van der Waals surface area contributed by atoms with Gasteiger partial charge < -0.3 is 5.11 Å². The number of alkyl halides is 6. The Kier molecular flexibility index (Phi) is 4.41. The van der Waals surface area contributed by atoms with Crippen LogP contribution in [0.3, 0.4) is 0 Å². The Balaban J connectivity index is 3.23. The van der Waals surface area contributed by atoms with Crippen molar-refractivity contribution in [3.05, 3.63) is 29.8 Å². The summed E-state index contributed by atoms with van der Waals surface area (Å²) in [5, 5.41) is 10.9. The molecule has 5 nitrogen and oxygen atoms in total. The molecule has 0 aliphatic heterocycles. The number of phenols is 1. The van der Waals surface area contributed by atoms with Gasteiger partial charge in [-0.05, 0) is 24.3 Å². The first-order valence-corrected chi connectivity index (χ1v) is 6.20. The minimum Gasteiger partial charge on any atom is -0.508 e. The molecular weight excluding hydrogens is 332 g/mol. The first-order chi connectivity index (χ1) is 9.34. The molecule has 0 aliphatic rings. The third-order valence-electron chi connectivity index (χ3n) is 1.92. The van der Waals surface area contributed by atoms with Crippen molar-refractivity contribution in [2.24, 2.45) is 5.16 Å². The van der Waals surface area contributed by atoms with Crippen LogP contribution in [0.1, 0.15) is 5.56 Å². The molecular formula is C9H5F6NO4S. The summed E-state index contributed by atoms with van der Waals surface area (Å²) in [6.07, 6.45) is -5.28. The number of rotatable bonds is 3. The van der Waals surface area contributed by atoms with E-state index in [2.05, 4.69) is 4.28 Å². The number of oxime groups is 1. The molecule has 0 aliphatic carbocycles. The molecule has 0 saturated carbocycles. The van der Waals surface area contributed by atoms with Gasteiger partial charge in [-0.15, -0.1) is 0 Å². The second kappa shape index (κ2) is 5.42. The highest BCUT2D eigenvalue weighted by Gasteiger charge is 2.49. The molecule has 12 heteroatoms. The lowest BCUT2D eigenvalue weighted by atomic mass is 10.1. The second-order valence-corrected chi connectivity index (χ2v) is 4.98. The van der Waals surface area contributed by atoms with E-state index in [0.29, 0.717) is 12.1 Å². The smallest absolute Gasteiger partial charge is 0.508 e. The molecule has 0 bridgehead atoms. The number of hydrogen-bond donors (Lipinski definition) is 1. The molecule has 0 spiro atoms. The molecule has 0 aromatic heterocycles. The number of halogens is 6. The summed E-state index contributed by atoms with van der Waals surface area (Å²) >= 11 is 0. The summed E-state index contributed by atoms with van der Waals surface area (Å²) in [6, 6.07) is 2.94. The van der Waals surface area contributed by atoms with E-state index in [-0.39, 0.29) is 0 Å². The van der Waals surface area contributed by atoms with E-state index in [4.69, 9.17) is 5.11 Å². The molecule has 0 radical (unpaired) electrons. The normalized spacial score (nSPS) is 14.1. The van der Waals surface area contributed by atoms with Crippen LogP contribution in [0.5, 0.6) is 5.75 Å². The molecule has 0 atom stereocenters. The number of benzene rings is 1. The Hall–Kier alpha value is -1.98. The van der Waals surface area contributed by atoms with Crippen LogP contribution in [0.2, 0.25) is 0 Å². The predicted molar refractivity (Wildman–Crippen MR) is 56.8 cm³/mol. The van der Waals surface area contributed by atoms with Crippen molar-refractivity contribution in [2.75, 3.05) is 0 Å². The van der Waals surface area contributed by atoms with E-state index in [1.165, 1.54) is 0 Å². The molecule has 0 heterocycles. The van der Waals surface area contributed by atoms with Gasteiger partial charge in [0.1, 0.15) is 5.75 Å². The third-order valence-corrected chi connectivity index (χ3v) is 2.76. The van der Waals surface area contributed by atoms with E-state index >= 15 is 0 Å². The van der Waals surface area contributed by atoms with E-state index in [0.717, 1.165) is 12.1 Å². The maximum absolute atomic E-state index is 12.6. The zero-order valence-corrected chi connectivity index (χ0v) is 10.4. The van der Waals surface area contributed by atoms with Crippen LogP contribution in [-0.4, -0.2) is 30.9 Å². The van der Waals surface area contributed by atoms with Crippen molar-refractivity contribution in [3.8, 4) is 5.75 Å². The van der Waals surface area contributed by atoms with Crippen molar-refractivity contribution in [1.82, 2.24) is 0 Å². The largest absolute Gasteiger partial charge is 0.536 e. The molecule has 0 amide bonds. The minimum atomic E-state index is -6.31. The zero-order valence-electron chi connectivity index (χ0n) is 9.60. The molecule has 0 saturated heterocycles. The lowest BCUT2D eigenvalue weighted by Gasteiger charge is -2.11. The Labute approximate surface area is 113 Å². The van der Waals surface area contributed by atoms with Gasteiger partial charge in [-0.25, -0.2) is 0 Å². The van der Waals surface area contributed by atoms with Crippen molar-refractivity contribution in [1.29, 1.82) is 0 Å². The van der Waals surface area contributed by atoms with Gasteiger partial charge in [0.15, 0.2) is 5.71 Å². The van der Waals surface area contributed by atoms with Crippen molar-refractivity contribution >= 4 is 15.8 Å². The first kappa shape index (κ1) is 17.1. The highest BCUT2D eigenvalue weighted by atomic mass is 32.2. The highest BCUT2D eigenvalue weighted by Crippen LogP contribution is 2.28. The summed E-state index contributed by atoms with van der Waals surface area (Å²) in [5.74, 6) is -0.413. The van der Waals surface area contributed by atoms with Gasteiger partial charge in [-0.3, -0.25) is 4.28 Å². The highest BCUT2D eigenvalue weighted by molar-refractivity contribution is 7.87. The van der Waals surface area contributed by atoms with Crippen LogP contribution >= 0.6 is 0 Å². The monoisotopic (exact) mass is 337 g/mol. The number of hydrogen-bond acceptors (Lipinski definition) is 5. The molecule has 1 aromatic carbocycles. The Morgan fingerprint density at radius 2 is 1.52 bits per heavy atom. The SMILES string of the molecule is O=S(=O)(ON=C(c1ccc(O)cc1)C(F)(F)F)C(F)(F)F. The fourth-order valence-electron chi connectivity index (χ4n) is 1.02. The van der Waals surface area contributed by atoms with Crippen molar-refractivity contribution in [2.45, 2.75) is 11.7 Å². The Morgan fingerprint density at radius 1 is 1.05 bits per heavy atom. The average molecular weight is 337 g/mol. The van der Waals surface area contributed by atoms with Gasteiger partial charge in [0.2, 0.25) is 0 Å². The van der Waals surface area contributed by atoms with Crippen LogP contribution in [-0.2, 0) is 14.4 Å². The van der Waals surface area contributed by atoms with Crippen LogP contribution < -0.4 is 0 Å². The van der Waals surface area contributed by atoms with E-state index in [9.17, 15) is 34.8 Å².